The number of benzene rings is 1. The Morgan fingerprint density at radius 1 is 1.24 bits per heavy atom. The van der Waals surface area contributed by atoms with E-state index < -0.39 is 27.9 Å². The summed E-state index contributed by atoms with van der Waals surface area (Å²) >= 11 is 0. The zero-order valence-corrected chi connectivity index (χ0v) is 20.2. The Morgan fingerprint density at radius 2 is 1.94 bits per heavy atom. The van der Waals surface area contributed by atoms with Crippen molar-refractivity contribution >= 4 is 21.9 Å². The molecule has 0 aliphatic heterocycles. The largest absolute Gasteiger partial charge is 0.493 e. The molecule has 0 spiro atoms. The van der Waals surface area contributed by atoms with Crippen molar-refractivity contribution in [2.75, 3.05) is 6.61 Å². The van der Waals surface area contributed by atoms with Gasteiger partial charge in [0.15, 0.2) is 0 Å². The number of aliphatic carboxylic acids is 1. The maximum absolute atomic E-state index is 13.0. The van der Waals surface area contributed by atoms with Gasteiger partial charge in [0.05, 0.1) is 22.8 Å². The number of aromatic amines is 1. The highest BCUT2D eigenvalue weighted by atomic mass is 32.2. The zero-order valence-electron chi connectivity index (χ0n) is 19.4. The number of aromatic nitrogens is 2. The fourth-order valence-electron chi connectivity index (χ4n) is 3.30. The van der Waals surface area contributed by atoms with Gasteiger partial charge in [0.25, 0.3) is 5.56 Å². The van der Waals surface area contributed by atoms with E-state index in [1.165, 1.54) is 18.2 Å². The first kappa shape index (κ1) is 27.0. The van der Waals surface area contributed by atoms with Crippen molar-refractivity contribution in [1.29, 1.82) is 0 Å². The van der Waals surface area contributed by atoms with Gasteiger partial charge < -0.3 is 20.6 Å². The maximum Gasteiger partial charge on any atom is 0.321 e. The molecule has 1 unspecified atom stereocenters. The maximum atomic E-state index is 13.0. The second-order valence-electron chi connectivity index (χ2n) is 7.57. The SMILES string of the molecule is CCCOc1ccc(S(=O)(=O)NC(CCC(N)=O)C(=O)O)cc1-c1nc(CC)c(CC)c(=O)[nH]1. The average molecular weight is 495 g/mol. The highest BCUT2D eigenvalue weighted by molar-refractivity contribution is 7.89. The predicted molar refractivity (Wildman–Crippen MR) is 125 cm³/mol. The molecule has 2 rings (SSSR count). The van der Waals surface area contributed by atoms with Gasteiger partial charge in [-0.15, -0.1) is 0 Å². The molecule has 0 saturated carbocycles. The Bertz CT molecular complexity index is 1210. The third-order valence-corrected chi connectivity index (χ3v) is 6.51. The van der Waals surface area contributed by atoms with Crippen LogP contribution >= 0.6 is 0 Å². The molecular formula is C22H30N4O7S. The number of hydrogen-bond acceptors (Lipinski definition) is 7. The molecule has 0 saturated heterocycles. The number of hydrogen-bond donors (Lipinski definition) is 4. The Hall–Kier alpha value is -3.25. The van der Waals surface area contributed by atoms with Gasteiger partial charge in [0.2, 0.25) is 15.9 Å². The van der Waals surface area contributed by atoms with Crippen molar-refractivity contribution in [3.05, 3.63) is 39.8 Å². The molecule has 1 heterocycles. The van der Waals surface area contributed by atoms with Crippen molar-refractivity contribution in [2.45, 2.75) is 63.8 Å². The molecule has 186 valence electrons. The summed E-state index contributed by atoms with van der Waals surface area (Å²) in [6, 6.07) is 2.41. The van der Waals surface area contributed by atoms with Crippen LogP contribution in [0.4, 0.5) is 0 Å². The van der Waals surface area contributed by atoms with Crippen LogP contribution in [0.15, 0.2) is 27.9 Å². The van der Waals surface area contributed by atoms with E-state index in [9.17, 15) is 27.9 Å². The van der Waals surface area contributed by atoms with E-state index in [-0.39, 0.29) is 34.7 Å². The van der Waals surface area contributed by atoms with Gasteiger partial charge in [-0.25, -0.2) is 13.4 Å². The number of ether oxygens (including phenoxy) is 1. The van der Waals surface area contributed by atoms with Crippen LogP contribution in [0, 0.1) is 0 Å². The number of sulfonamides is 1. The van der Waals surface area contributed by atoms with Gasteiger partial charge in [-0.05, 0) is 43.9 Å². The molecule has 1 aromatic carbocycles. The number of rotatable bonds is 13. The molecule has 12 heteroatoms. The highest BCUT2D eigenvalue weighted by Gasteiger charge is 2.27. The number of carbonyl (C=O) groups excluding carboxylic acids is 1. The average Bonchev–Trinajstić information content (AvgIpc) is 2.79. The molecule has 5 N–H and O–H groups in total. The molecule has 34 heavy (non-hydrogen) atoms. The number of carboxylic acid groups (broad SMARTS) is 1. The summed E-state index contributed by atoms with van der Waals surface area (Å²) in [5.41, 5.74) is 6.11. The van der Waals surface area contributed by atoms with E-state index in [2.05, 4.69) is 14.7 Å². The zero-order chi connectivity index (χ0) is 25.5. The molecule has 0 fully saturated rings. The van der Waals surface area contributed by atoms with E-state index in [4.69, 9.17) is 10.5 Å². The van der Waals surface area contributed by atoms with Crippen LogP contribution in [0.2, 0.25) is 0 Å². The number of nitrogens with two attached hydrogens (primary N) is 1. The lowest BCUT2D eigenvalue weighted by Gasteiger charge is -2.17. The Balaban J connectivity index is 2.57. The first-order valence-corrected chi connectivity index (χ1v) is 12.4. The van der Waals surface area contributed by atoms with Gasteiger partial charge in [0, 0.05) is 12.0 Å². The van der Waals surface area contributed by atoms with Gasteiger partial charge in [-0.3, -0.25) is 14.4 Å². The van der Waals surface area contributed by atoms with E-state index in [0.29, 0.717) is 42.9 Å². The molecule has 2 aromatic rings. The summed E-state index contributed by atoms with van der Waals surface area (Å²) in [5.74, 6) is -1.73. The molecule has 1 aromatic heterocycles. The third-order valence-electron chi connectivity index (χ3n) is 5.04. The van der Waals surface area contributed by atoms with E-state index in [0.717, 1.165) is 0 Å². The molecule has 0 aliphatic rings. The first-order valence-electron chi connectivity index (χ1n) is 11.0. The number of carboxylic acids is 1. The van der Waals surface area contributed by atoms with Crippen LogP contribution < -0.4 is 20.8 Å². The first-order chi connectivity index (χ1) is 16.0. The van der Waals surface area contributed by atoms with Crippen molar-refractivity contribution in [2.24, 2.45) is 5.73 Å². The minimum Gasteiger partial charge on any atom is -0.493 e. The Labute approximate surface area is 197 Å². The summed E-state index contributed by atoms with van der Waals surface area (Å²) in [6.07, 6.45) is 1.08. The molecule has 1 atom stereocenters. The van der Waals surface area contributed by atoms with Gasteiger partial charge in [0.1, 0.15) is 17.6 Å². The summed E-state index contributed by atoms with van der Waals surface area (Å²) in [5, 5.41) is 9.36. The van der Waals surface area contributed by atoms with Crippen molar-refractivity contribution < 1.29 is 27.9 Å². The lowest BCUT2D eigenvalue weighted by molar-refractivity contribution is -0.139. The van der Waals surface area contributed by atoms with E-state index in [1.807, 2.05) is 20.8 Å². The number of H-pyrrole nitrogens is 1. The van der Waals surface area contributed by atoms with Crippen molar-refractivity contribution in [1.82, 2.24) is 14.7 Å². The second kappa shape index (κ2) is 11.7. The number of nitrogens with zero attached hydrogens (tertiary/aromatic N) is 1. The standard InChI is InChI=1S/C22H30N4O7S/c1-4-11-33-18-9-7-13(34(31,32)26-17(22(29)30)8-10-19(23)27)12-15(18)20-24-16(6-3)14(5-2)21(28)25-20/h7,9,12,17,26H,4-6,8,10-11H2,1-3H3,(H2,23,27)(H,29,30)(H,24,25,28). The fourth-order valence-corrected chi connectivity index (χ4v) is 4.55. The lowest BCUT2D eigenvalue weighted by Crippen LogP contribution is -2.41. The van der Waals surface area contributed by atoms with Crippen LogP contribution in [0.25, 0.3) is 11.4 Å². The van der Waals surface area contributed by atoms with Gasteiger partial charge in [-0.1, -0.05) is 20.8 Å². The molecule has 1 amide bonds. The number of aryl methyl sites for hydroxylation is 1. The summed E-state index contributed by atoms with van der Waals surface area (Å²) in [6.45, 7) is 5.97. The van der Waals surface area contributed by atoms with Crippen molar-refractivity contribution in [3.8, 4) is 17.1 Å². The summed E-state index contributed by atoms with van der Waals surface area (Å²) in [7, 11) is -4.32. The molecule has 0 radical (unpaired) electrons. The monoisotopic (exact) mass is 494 g/mol. The van der Waals surface area contributed by atoms with Crippen LogP contribution in [0.1, 0.15) is 51.3 Å². The van der Waals surface area contributed by atoms with Crippen LogP contribution in [0.3, 0.4) is 0 Å². The molecule has 0 bridgehead atoms. The van der Waals surface area contributed by atoms with Gasteiger partial charge in [-0.2, -0.15) is 4.72 Å². The number of nitrogens with one attached hydrogen (secondary N) is 2. The van der Waals surface area contributed by atoms with Crippen LogP contribution in [0.5, 0.6) is 5.75 Å². The van der Waals surface area contributed by atoms with E-state index in [1.54, 1.807) is 0 Å². The molecule has 11 nitrogen and oxygen atoms in total. The number of primary amides is 1. The van der Waals surface area contributed by atoms with Crippen molar-refractivity contribution in [3.63, 3.8) is 0 Å². The van der Waals surface area contributed by atoms with Crippen LogP contribution in [-0.4, -0.2) is 48.0 Å². The quantitative estimate of drug-likeness (QED) is 0.322. The normalized spacial score (nSPS) is 12.3. The highest BCUT2D eigenvalue weighted by Crippen LogP contribution is 2.31. The Morgan fingerprint density at radius 3 is 2.50 bits per heavy atom. The molecular weight excluding hydrogens is 464 g/mol. The van der Waals surface area contributed by atoms with Gasteiger partial charge >= 0.3 is 5.97 Å². The fraction of sp³-hybridized carbons (Fsp3) is 0.455. The minimum absolute atomic E-state index is 0.144. The topological polar surface area (TPSA) is 182 Å². The molecule has 0 aliphatic carbocycles. The third kappa shape index (κ3) is 6.64. The van der Waals surface area contributed by atoms with Crippen LogP contribution in [-0.2, 0) is 32.5 Å². The van der Waals surface area contributed by atoms with E-state index >= 15 is 0 Å². The minimum atomic E-state index is -4.32. The summed E-state index contributed by atoms with van der Waals surface area (Å²) in [4.78, 5) is 42.1. The smallest absolute Gasteiger partial charge is 0.321 e. The number of amides is 1. The Kier molecular flexibility index (Phi) is 9.33. The lowest BCUT2D eigenvalue weighted by atomic mass is 10.1. The predicted octanol–water partition coefficient (Wildman–Crippen LogP) is 1.35. The second-order valence-corrected chi connectivity index (χ2v) is 9.28. The number of carbonyl (C=O) groups is 2. The summed E-state index contributed by atoms with van der Waals surface area (Å²) < 4.78 is 33.8.